The van der Waals surface area contributed by atoms with E-state index in [-0.39, 0.29) is 5.78 Å². The van der Waals surface area contributed by atoms with Gasteiger partial charge < -0.3 is 4.74 Å². The Hall–Kier alpha value is -2.10. The van der Waals surface area contributed by atoms with Crippen LogP contribution in [0.25, 0.3) is 10.4 Å². The summed E-state index contributed by atoms with van der Waals surface area (Å²) in [7, 11) is 0. The van der Waals surface area contributed by atoms with Gasteiger partial charge >= 0.3 is 0 Å². The van der Waals surface area contributed by atoms with Crippen molar-refractivity contribution in [3.63, 3.8) is 0 Å². The number of azide groups is 1. The predicted molar refractivity (Wildman–Crippen MR) is 62.1 cm³/mol. The third kappa shape index (κ3) is 2.06. The van der Waals surface area contributed by atoms with Crippen LogP contribution in [-0.2, 0) is 21.7 Å². The molecular weight excluding hydrogens is 218 g/mol. The molecule has 0 aliphatic carbocycles. The highest BCUT2D eigenvalue weighted by molar-refractivity contribution is 5.99. The smallest absolute Gasteiger partial charge is 0.193 e. The topological polar surface area (TPSA) is 78.4 Å². The summed E-state index contributed by atoms with van der Waals surface area (Å²) in [5.74, 6) is -0.125. The summed E-state index contributed by atoms with van der Waals surface area (Å²) in [5, 5.41) is 3.47. The fourth-order valence-electron chi connectivity index (χ4n) is 1.68. The van der Waals surface area contributed by atoms with Crippen LogP contribution in [0.1, 0.15) is 11.1 Å². The Kier molecular flexibility index (Phi) is 2.95. The minimum Gasteiger partial charge on any atom is -0.356 e. The maximum absolute atomic E-state index is 11.6. The van der Waals surface area contributed by atoms with Crippen LogP contribution in [0.2, 0.25) is 0 Å². The first-order valence-electron chi connectivity index (χ1n) is 5.14. The number of hydrogen-bond acceptors (Lipinski definition) is 3. The van der Waals surface area contributed by atoms with Crippen molar-refractivity contribution in [2.75, 3.05) is 6.61 Å². The molecule has 0 bridgehead atoms. The van der Waals surface area contributed by atoms with Gasteiger partial charge in [-0.05, 0) is 22.7 Å². The number of nitrogens with zero attached hydrogens (tertiary/aromatic N) is 3. The van der Waals surface area contributed by atoms with Gasteiger partial charge in [-0.2, -0.15) is 0 Å². The Morgan fingerprint density at radius 3 is 2.71 bits per heavy atom. The average molecular weight is 229 g/mol. The fraction of sp³-hybridized carbons (Fsp3) is 0.250. The van der Waals surface area contributed by atoms with Gasteiger partial charge in [0.05, 0.1) is 13.2 Å². The molecule has 1 aliphatic rings. The molecule has 0 radical (unpaired) electrons. The van der Waals surface area contributed by atoms with Crippen molar-refractivity contribution in [1.82, 2.24) is 0 Å². The van der Waals surface area contributed by atoms with Crippen LogP contribution >= 0.6 is 0 Å². The lowest BCUT2D eigenvalue weighted by Crippen LogP contribution is -2.19. The zero-order valence-electron chi connectivity index (χ0n) is 9.17. The standard InChI is InChI=1S/C12H11N3O2/c1-2-11(16)12(8-17-12)10-5-3-9(4-6-10)7-14-15-13/h2-6H,1,7-8H2. The highest BCUT2D eigenvalue weighted by Gasteiger charge is 2.52. The number of rotatable bonds is 5. The lowest BCUT2D eigenvalue weighted by molar-refractivity contribution is -0.119. The molecule has 1 atom stereocenters. The SMILES string of the molecule is C=CC(=O)C1(c2ccc(CN=[N+]=[N-])cc2)CO1. The van der Waals surface area contributed by atoms with E-state index in [1.165, 1.54) is 6.08 Å². The summed E-state index contributed by atoms with van der Waals surface area (Å²) >= 11 is 0. The minimum atomic E-state index is -0.821. The highest BCUT2D eigenvalue weighted by atomic mass is 16.6. The Balaban J connectivity index is 2.21. The lowest BCUT2D eigenvalue weighted by Gasteiger charge is -2.08. The second-order valence-corrected chi connectivity index (χ2v) is 3.77. The third-order valence-corrected chi connectivity index (χ3v) is 2.75. The number of hydrogen-bond donors (Lipinski definition) is 0. The molecule has 0 spiro atoms. The van der Waals surface area contributed by atoms with E-state index in [0.717, 1.165) is 11.1 Å². The van der Waals surface area contributed by atoms with Gasteiger partial charge in [-0.25, -0.2) is 0 Å². The van der Waals surface area contributed by atoms with Crippen LogP contribution < -0.4 is 0 Å². The first kappa shape index (κ1) is 11.4. The molecule has 1 aromatic rings. The summed E-state index contributed by atoms with van der Waals surface area (Å²) in [4.78, 5) is 14.3. The molecule has 1 saturated heterocycles. The van der Waals surface area contributed by atoms with Crippen molar-refractivity contribution >= 4 is 5.78 Å². The average Bonchev–Trinajstić information content (AvgIpc) is 3.17. The van der Waals surface area contributed by atoms with Crippen LogP contribution in [0.15, 0.2) is 42.0 Å². The quantitative estimate of drug-likeness (QED) is 0.255. The summed E-state index contributed by atoms with van der Waals surface area (Å²) in [6, 6.07) is 7.28. The van der Waals surface area contributed by atoms with E-state index >= 15 is 0 Å². The normalized spacial score (nSPS) is 21.4. The third-order valence-electron chi connectivity index (χ3n) is 2.75. The van der Waals surface area contributed by atoms with Crippen molar-refractivity contribution in [2.45, 2.75) is 12.1 Å². The zero-order chi connectivity index (χ0) is 12.3. The van der Waals surface area contributed by atoms with Crippen molar-refractivity contribution in [3.05, 3.63) is 58.5 Å². The number of ether oxygens (including phenoxy) is 1. The van der Waals surface area contributed by atoms with Gasteiger partial charge in [0.15, 0.2) is 11.4 Å². The molecule has 17 heavy (non-hydrogen) atoms. The summed E-state index contributed by atoms with van der Waals surface area (Å²) in [5.41, 5.74) is 9.10. The fourth-order valence-corrected chi connectivity index (χ4v) is 1.68. The Bertz CT molecular complexity index is 497. The first-order chi connectivity index (χ1) is 8.23. The molecule has 0 amide bonds. The van der Waals surface area contributed by atoms with Crippen molar-refractivity contribution in [3.8, 4) is 0 Å². The van der Waals surface area contributed by atoms with Gasteiger partial charge in [-0.1, -0.05) is 36.0 Å². The van der Waals surface area contributed by atoms with Gasteiger partial charge in [0.25, 0.3) is 0 Å². The van der Waals surface area contributed by atoms with E-state index < -0.39 is 5.60 Å². The monoisotopic (exact) mass is 229 g/mol. The zero-order valence-corrected chi connectivity index (χ0v) is 9.17. The molecule has 1 aromatic carbocycles. The number of benzene rings is 1. The Morgan fingerprint density at radius 1 is 1.59 bits per heavy atom. The van der Waals surface area contributed by atoms with Gasteiger partial charge in [0, 0.05) is 4.91 Å². The van der Waals surface area contributed by atoms with Crippen molar-refractivity contribution < 1.29 is 9.53 Å². The molecule has 1 unspecified atom stereocenters. The molecule has 0 aromatic heterocycles. The van der Waals surface area contributed by atoms with E-state index in [2.05, 4.69) is 16.6 Å². The van der Waals surface area contributed by atoms with E-state index in [4.69, 9.17) is 10.3 Å². The van der Waals surface area contributed by atoms with E-state index in [0.29, 0.717) is 13.2 Å². The first-order valence-corrected chi connectivity index (χ1v) is 5.14. The van der Waals surface area contributed by atoms with E-state index in [1.807, 2.05) is 24.3 Å². The van der Waals surface area contributed by atoms with E-state index in [9.17, 15) is 4.79 Å². The van der Waals surface area contributed by atoms with E-state index in [1.54, 1.807) is 0 Å². The molecule has 86 valence electrons. The number of epoxide rings is 1. The number of ketones is 1. The molecule has 0 N–H and O–H groups in total. The van der Waals surface area contributed by atoms with Crippen molar-refractivity contribution in [2.24, 2.45) is 5.11 Å². The Labute approximate surface area is 98.3 Å². The van der Waals surface area contributed by atoms with Crippen LogP contribution in [-0.4, -0.2) is 12.4 Å². The van der Waals surface area contributed by atoms with Crippen LogP contribution in [0, 0.1) is 0 Å². The summed E-state index contributed by atoms with van der Waals surface area (Å²) < 4.78 is 5.25. The largest absolute Gasteiger partial charge is 0.356 e. The highest BCUT2D eigenvalue weighted by Crippen LogP contribution is 2.39. The maximum atomic E-state index is 11.6. The molecule has 5 nitrogen and oxygen atoms in total. The second-order valence-electron chi connectivity index (χ2n) is 3.77. The molecular formula is C12H11N3O2. The van der Waals surface area contributed by atoms with Crippen LogP contribution in [0.3, 0.4) is 0 Å². The molecule has 0 saturated carbocycles. The lowest BCUT2D eigenvalue weighted by atomic mass is 9.94. The second kappa shape index (κ2) is 4.41. The molecule has 1 aliphatic heterocycles. The molecule has 5 heteroatoms. The predicted octanol–water partition coefficient (Wildman–Crippen LogP) is 2.48. The maximum Gasteiger partial charge on any atom is 0.193 e. The molecule has 2 rings (SSSR count). The van der Waals surface area contributed by atoms with Gasteiger partial charge in [0.2, 0.25) is 0 Å². The number of carbonyl (C=O) groups is 1. The summed E-state index contributed by atoms with van der Waals surface area (Å²) in [6.07, 6.45) is 1.28. The van der Waals surface area contributed by atoms with Gasteiger partial charge in [-0.15, -0.1) is 0 Å². The van der Waals surface area contributed by atoms with Crippen LogP contribution in [0.5, 0.6) is 0 Å². The van der Waals surface area contributed by atoms with Crippen molar-refractivity contribution in [1.29, 1.82) is 0 Å². The molecule has 1 heterocycles. The Morgan fingerprint density at radius 2 is 2.24 bits per heavy atom. The minimum absolute atomic E-state index is 0.125. The summed E-state index contributed by atoms with van der Waals surface area (Å²) in [6.45, 7) is 4.17. The van der Waals surface area contributed by atoms with Crippen LogP contribution in [0.4, 0.5) is 0 Å². The number of carbonyl (C=O) groups excluding carboxylic acids is 1. The van der Waals surface area contributed by atoms with Gasteiger partial charge in [-0.3, -0.25) is 4.79 Å². The van der Waals surface area contributed by atoms with Gasteiger partial charge in [0.1, 0.15) is 0 Å². The molecule has 1 fully saturated rings.